The Balaban J connectivity index is 2.06. The Morgan fingerprint density at radius 3 is 2.47 bits per heavy atom. The maximum atomic E-state index is 11.4. The van der Waals surface area contributed by atoms with Gasteiger partial charge in [0.05, 0.1) is 6.42 Å². The zero-order valence-corrected chi connectivity index (χ0v) is 10.8. The second-order valence-corrected chi connectivity index (χ2v) is 4.26. The van der Waals surface area contributed by atoms with Gasteiger partial charge in [0.2, 0.25) is 5.91 Å². The summed E-state index contributed by atoms with van der Waals surface area (Å²) in [7, 11) is 0. The average Bonchev–Trinajstić information content (AvgIpc) is 2.75. The Hall–Kier alpha value is -2.43. The molecule has 0 unspecified atom stereocenters. The van der Waals surface area contributed by atoms with Gasteiger partial charge in [-0.15, -0.1) is 0 Å². The fraction of sp³-hybridized carbons (Fsp3) is 0.214. The highest BCUT2D eigenvalue weighted by Crippen LogP contribution is 2.20. The highest BCUT2D eigenvalue weighted by molar-refractivity contribution is 6.03. The maximum Gasteiger partial charge on any atom is 0.231 e. The van der Waals surface area contributed by atoms with E-state index in [0.717, 1.165) is 11.3 Å². The lowest BCUT2D eigenvalue weighted by atomic mass is 10.1. The summed E-state index contributed by atoms with van der Waals surface area (Å²) >= 11 is 0. The van der Waals surface area contributed by atoms with Crippen molar-refractivity contribution in [3.8, 4) is 11.3 Å². The zero-order valence-electron chi connectivity index (χ0n) is 10.8. The molecule has 0 fully saturated rings. The van der Waals surface area contributed by atoms with Gasteiger partial charge in [-0.25, -0.2) is 4.98 Å². The van der Waals surface area contributed by atoms with E-state index in [1.54, 1.807) is 25.3 Å². The first-order valence-electron chi connectivity index (χ1n) is 5.86. The van der Waals surface area contributed by atoms with Crippen LogP contribution in [0.4, 0.5) is 5.69 Å². The van der Waals surface area contributed by atoms with Crippen molar-refractivity contribution in [2.75, 3.05) is 5.32 Å². The fourth-order valence-electron chi connectivity index (χ4n) is 1.65. The number of ketones is 1. The van der Waals surface area contributed by atoms with Crippen LogP contribution in [0.15, 0.2) is 34.9 Å². The molecule has 0 radical (unpaired) electrons. The van der Waals surface area contributed by atoms with Gasteiger partial charge < -0.3 is 9.73 Å². The number of oxazole rings is 1. The van der Waals surface area contributed by atoms with Crippen LogP contribution >= 0.6 is 0 Å². The van der Waals surface area contributed by atoms with Crippen LogP contribution in [-0.4, -0.2) is 16.7 Å². The van der Waals surface area contributed by atoms with E-state index in [-0.39, 0.29) is 18.1 Å². The van der Waals surface area contributed by atoms with E-state index < -0.39 is 0 Å². The van der Waals surface area contributed by atoms with E-state index >= 15 is 0 Å². The number of hydrogen-bond acceptors (Lipinski definition) is 4. The number of anilines is 1. The summed E-state index contributed by atoms with van der Waals surface area (Å²) in [4.78, 5) is 26.4. The third-order valence-corrected chi connectivity index (χ3v) is 2.49. The Morgan fingerprint density at radius 2 is 1.95 bits per heavy atom. The number of nitrogens with zero attached hydrogens (tertiary/aromatic N) is 1. The van der Waals surface area contributed by atoms with Gasteiger partial charge in [0.25, 0.3) is 0 Å². The van der Waals surface area contributed by atoms with E-state index in [0.29, 0.717) is 11.6 Å². The van der Waals surface area contributed by atoms with Gasteiger partial charge >= 0.3 is 0 Å². The summed E-state index contributed by atoms with van der Waals surface area (Å²) in [6.07, 6.45) is 1.48. The molecule has 1 heterocycles. The first-order chi connectivity index (χ1) is 9.04. The number of carbonyl (C=O) groups excluding carboxylic acids is 2. The molecule has 1 aromatic carbocycles. The molecule has 5 nitrogen and oxygen atoms in total. The number of aryl methyl sites for hydroxylation is 1. The molecule has 0 bridgehead atoms. The third kappa shape index (κ3) is 3.51. The van der Waals surface area contributed by atoms with Crippen LogP contribution in [-0.2, 0) is 9.59 Å². The third-order valence-electron chi connectivity index (χ3n) is 2.49. The number of rotatable bonds is 4. The molecule has 0 saturated carbocycles. The van der Waals surface area contributed by atoms with Crippen LogP contribution in [0.3, 0.4) is 0 Å². The van der Waals surface area contributed by atoms with Crippen molar-refractivity contribution in [2.24, 2.45) is 0 Å². The second-order valence-electron chi connectivity index (χ2n) is 4.26. The molecule has 2 rings (SSSR count). The molecule has 98 valence electrons. The van der Waals surface area contributed by atoms with Crippen LogP contribution in [0, 0.1) is 6.92 Å². The van der Waals surface area contributed by atoms with Gasteiger partial charge in [0.15, 0.2) is 5.89 Å². The summed E-state index contributed by atoms with van der Waals surface area (Å²) in [6.45, 7) is 3.16. The van der Waals surface area contributed by atoms with Crippen LogP contribution in [0.2, 0.25) is 0 Å². The lowest BCUT2D eigenvalue weighted by Crippen LogP contribution is -2.14. The molecule has 1 N–H and O–H groups in total. The molecule has 0 aliphatic heterocycles. The summed E-state index contributed by atoms with van der Waals surface area (Å²) in [5.41, 5.74) is 2.30. The Morgan fingerprint density at radius 1 is 1.26 bits per heavy atom. The molecule has 0 aliphatic rings. The molecular formula is C14H14N2O3. The van der Waals surface area contributed by atoms with Crippen molar-refractivity contribution >= 4 is 17.4 Å². The number of carbonyl (C=O) groups is 2. The Kier molecular flexibility index (Phi) is 3.75. The van der Waals surface area contributed by atoms with E-state index in [2.05, 4.69) is 10.3 Å². The molecule has 0 spiro atoms. The summed E-state index contributed by atoms with van der Waals surface area (Å²) in [6, 6.07) is 7.19. The van der Waals surface area contributed by atoms with Crippen molar-refractivity contribution in [1.29, 1.82) is 0 Å². The number of Topliss-reactive ketones (excluding diaryl/α,β-unsaturated/α-hetero) is 1. The molecule has 5 heteroatoms. The molecule has 2 aromatic rings. The van der Waals surface area contributed by atoms with Crippen LogP contribution in [0.1, 0.15) is 19.2 Å². The molecule has 1 aromatic heterocycles. The molecule has 19 heavy (non-hydrogen) atoms. The molecule has 1 amide bonds. The zero-order chi connectivity index (χ0) is 13.8. The summed E-state index contributed by atoms with van der Waals surface area (Å²) < 4.78 is 5.14. The second kappa shape index (κ2) is 5.48. The Bertz CT molecular complexity index is 599. The maximum absolute atomic E-state index is 11.4. The molecule has 0 atom stereocenters. The molecule has 0 aliphatic carbocycles. The monoisotopic (exact) mass is 258 g/mol. The van der Waals surface area contributed by atoms with E-state index in [1.807, 2.05) is 12.1 Å². The lowest BCUT2D eigenvalue weighted by molar-refractivity contribution is -0.124. The van der Waals surface area contributed by atoms with Crippen LogP contribution < -0.4 is 5.32 Å². The van der Waals surface area contributed by atoms with Crippen LogP contribution in [0.25, 0.3) is 11.3 Å². The van der Waals surface area contributed by atoms with Gasteiger partial charge in [0.1, 0.15) is 17.7 Å². The van der Waals surface area contributed by atoms with E-state index in [4.69, 9.17) is 4.42 Å². The van der Waals surface area contributed by atoms with E-state index in [9.17, 15) is 9.59 Å². The number of amides is 1. The average molecular weight is 258 g/mol. The van der Waals surface area contributed by atoms with Gasteiger partial charge in [-0.2, -0.15) is 0 Å². The highest BCUT2D eigenvalue weighted by Gasteiger charge is 2.07. The number of benzene rings is 1. The minimum atomic E-state index is -0.308. The van der Waals surface area contributed by atoms with Crippen LogP contribution in [0.5, 0.6) is 0 Å². The first-order valence-corrected chi connectivity index (χ1v) is 5.86. The standard InChI is InChI=1S/C14H14N2O3/c1-9(17)7-14(18)16-12-5-3-11(4-6-12)13-8-19-10(2)15-13/h3-6,8H,7H2,1-2H3,(H,16,18). The minimum Gasteiger partial charge on any atom is -0.449 e. The predicted molar refractivity (Wildman–Crippen MR) is 70.6 cm³/mol. The van der Waals surface area contributed by atoms with E-state index in [1.165, 1.54) is 6.92 Å². The smallest absolute Gasteiger partial charge is 0.231 e. The van der Waals surface area contributed by atoms with Crippen molar-refractivity contribution in [1.82, 2.24) is 4.98 Å². The number of hydrogen-bond donors (Lipinski definition) is 1. The predicted octanol–water partition coefficient (Wildman–Crippen LogP) is 2.57. The minimum absolute atomic E-state index is 0.107. The topological polar surface area (TPSA) is 72.2 Å². The van der Waals surface area contributed by atoms with Gasteiger partial charge in [-0.05, 0) is 19.1 Å². The first kappa shape index (κ1) is 13.0. The molecular weight excluding hydrogens is 244 g/mol. The molecule has 0 saturated heterocycles. The van der Waals surface area contributed by atoms with Crippen molar-refractivity contribution in [3.05, 3.63) is 36.4 Å². The van der Waals surface area contributed by atoms with Crippen molar-refractivity contribution in [2.45, 2.75) is 20.3 Å². The largest absolute Gasteiger partial charge is 0.449 e. The summed E-state index contributed by atoms with van der Waals surface area (Å²) in [5, 5.41) is 2.65. The fourth-order valence-corrected chi connectivity index (χ4v) is 1.65. The Labute approximate surface area is 110 Å². The number of aromatic nitrogens is 1. The van der Waals surface area contributed by atoms with Crippen molar-refractivity contribution < 1.29 is 14.0 Å². The quantitative estimate of drug-likeness (QED) is 0.855. The lowest BCUT2D eigenvalue weighted by Gasteiger charge is -2.04. The number of nitrogens with one attached hydrogen (secondary N) is 1. The van der Waals surface area contributed by atoms with Crippen molar-refractivity contribution in [3.63, 3.8) is 0 Å². The van der Waals surface area contributed by atoms with Gasteiger partial charge in [0, 0.05) is 18.2 Å². The summed E-state index contributed by atoms with van der Waals surface area (Å²) in [5.74, 6) is 0.138. The highest BCUT2D eigenvalue weighted by atomic mass is 16.3. The van der Waals surface area contributed by atoms with Gasteiger partial charge in [-0.3, -0.25) is 9.59 Å². The normalized spacial score (nSPS) is 10.2. The SMILES string of the molecule is CC(=O)CC(=O)Nc1ccc(-c2coc(C)n2)cc1. The van der Waals surface area contributed by atoms with Gasteiger partial charge in [-0.1, -0.05) is 12.1 Å².